The van der Waals surface area contributed by atoms with Crippen LogP contribution >= 0.6 is 12.2 Å². The monoisotopic (exact) mass is 451 g/mol. The largest absolute Gasteiger partial charge is 0.486 e. The number of carbonyl (C=O) groups excluding carboxylic acids is 1. The second kappa shape index (κ2) is 7.85. The first-order valence-electron chi connectivity index (χ1n) is 11.2. The Morgan fingerprint density at radius 2 is 1.81 bits per heavy atom. The molecule has 6 rings (SSSR count). The van der Waals surface area contributed by atoms with Crippen molar-refractivity contribution in [2.75, 3.05) is 31.6 Å². The van der Waals surface area contributed by atoms with Crippen molar-refractivity contribution in [3.8, 4) is 11.5 Å². The van der Waals surface area contributed by atoms with Crippen molar-refractivity contribution in [3.63, 3.8) is 0 Å². The highest BCUT2D eigenvalue weighted by Crippen LogP contribution is 2.44. The Morgan fingerprint density at radius 3 is 2.66 bits per heavy atom. The van der Waals surface area contributed by atoms with Crippen LogP contribution in [-0.2, 0) is 11.2 Å². The lowest BCUT2D eigenvalue weighted by Crippen LogP contribution is -2.48. The summed E-state index contributed by atoms with van der Waals surface area (Å²) < 4.78 is 17.0. The highest BCUT2D eigenvalue weighted by molar-refractivity contribution is 7.80. The van der Waals surface area contributed by atoms with Crippen molar-refractivity contribution in [2.45, 2.75) is 37.5 Å². The molecule has 0 bridgehead atoms. The van der Waals surface area contributed by atoms with Gasteiger partial charge in [0.2, 0.25) is 0 Å². The highest BCUT2D eigenvalue weighted by Gasteiger charge is 2.50. The van der Waals surface area contributed by atoms with Gasteiger partial charge < -0.3 is 24.4 Å². The molecule has 32 heavy (non-hydrogen) atoms. The molecule has 2 atom stereocenters. The maximum absolute atomic E-state index is 12.7. The maximum Gasteiger partial charge on any atom is 0.411 e. The lowest BCUT2D eigenvalue weighted by molar-refractivity contribution is 0.118. The fraction of sp³-hybridized carbons (Fsp3) is 0.417. The van der Waals surface area contributed by atoms with Crippen molar-refractivity contribution < 1.29 is 19.0 Å². The van der Waals surface area contributed by atoms with E-state index in [0.717, 1.165) is 49.5 Å². The number of carbonyl (C=O) groups is 1. The second-order valence-electron chi connectivity index (χ2n) is 8.68. The number of piperidine rings is 1. The lowest BCUT2D eigenvalue weighted by Gasteiger charge is -2.38. The summed E-state index contributed by atoms with van der Waals surface area (Å²) in [5.74, 6) is 1.50. The number of nitrogens with zero attached hydrogens (tertiary/aromatic N) is 2. The number of fused-ring (bicyclic) bond motifs is 4. The van der Waals surface area contributed by atoms with Crippen LogP contribution in [-0.4, -0.2) is 59.5 Å². The fourth-order valence-corrected chi connectivity index (χ4v) is 5.62. The molecule has 2 aromatic carbocycles. The van der Waals surface area contributed by atoms with Gasteiger partial charge in [-0.2, -0.15) is 0 Å². The summed E-state index contributed by atoms with van der Waals surface area (Å²) in [6.07, 6.45) is 2.30. The second-order valence-corrected chi connectivity index (χ2v) is 9.07. The van der Waals surface area contributed by atoms with Gasteiger partial charge >= 0.3 is 6.09 Å². The van der Waals surface area contributed by atoms with Gasteiger partial charge in [-0.3, -0.25) is 4.90 Å². The summed E-state index contributed by atoms with van der Waals surface area (Å²) in [7, 11) is 0. The molecule has 166 valence electrons. The molecule has 0 radical (unpaired) electrons. The predicted molar refractivity (Wildman–Crippen MR) is 123 cm³/mol. The minimum Gasteiger partial charge on any atom is -0.486 e. The molecule has 0 spiro atoms. The van der Waals surface area contributed by atoms with Gasteiger partial charge in [0.25, 0.3) is 0 Å². The van der Waals surface area contributed by atoms with Gasteiger partial charge in [-0.15, -0.1) is 0 Å². The molecule has 7 nitrogen and oxygen atoms in total. The molecule has 4 aliphatic rings. The Labute approximate surface area is 192 Å². The van der Waals surface area contributed by atoms with Crippen molar-refractivity contribution in [1.82, 2.24) is 9.80 Å². The van der Waals surface area contributed by atoms with E-state index < -0.39 is 0 Å². The van der Waals surface area contributed by atoms with Gasteiger partial charge in [0.05, 0.1) is 6.04 Å². The third-order valence-corrected chi connectivity index (χ3v) is 7.21. The number of anilines is 1. The molecule has 1 aliphatic carbocycles. The summed E-state index contributed by atoms with van der Waals surface area (Å²) in [5.41, 5.74) is 3.42. The van der Waals surface area contributed by atoms with Crippen LogP contribution in [0.5, 0.6) is 11.5 Å². The maximum atomic E-state index is 12.7. The summed E-state index contributed by atoms with van der Waals surface area (Å²) in [5, 5.41) is 4.01. The number of likely N-dealkylation sites (tertiary alicyclic amines) is 1. The number of nitrogens with one attached hydrogen (secondary N) is 1. The van der Waals surface area contributed by atoms with E-state index >= 15 is 0 Å². The zero-order valence-electron chi connectivity index (χ0n) is 17.7. The van der Waals surface area contributed by atoms with Gasteiger partial charge in [-0.05, 0) is 48.3 Å². The van der Waals surface area contributed by atoms with E-state index in [0.29, 0.717) is 18.3 Å². The molecule has 3 aliphatic heterocycles. The average molecular weight is 452 g/mol. The number of hydrogen-bond acceptors (Lipinski definition) is 5. The minimum atomic E-state index is -0.176. The molecule has 2 saturated heterocycles. The van der Waals surface area contributed by atoms with E-state index in [1.807, 2.05) is 29.2 Å². The third kappa shape index (κ3) is 3.33. The summed E-state index contributed by atoms with van der Waals surface area (Å²) in [4.78, 5) is 16.9. The molecular formula is C24H25N3O4S. The van der Waals surface area contributed by atoms with Gasteiger partial charge in [0, 0.05) is 37.3 Å². The summed E-state index contributed by atoms with van der Waals surface area (Å²) in [6.45, 7) is 2.72. The van der Waals surface area contributed by atoms with Gasteiger partial charge in [0.15, 0.2) is 16.6 Å². The molecule has 2 aromatic rings. The zero-order chi connectivity index (χ0) is 21.7. The van der Waals surface area contributed by atoms with Gasteiger partial charge in [-0.1, -0.05) is 24.3 Å². The van der Waals surface area contributed by atoms with Crippen molar-refractivity contribution in [3.05, 3.63) is 53.6 Å². The topological polar surface area (TPSA) is 63.3 Å². The molecule has 8 heteroatoms. The van der Waals surface area contributed by atoms with E-state index in [-0.39, 0.29) is 24.3 Å². The van der Waals surface area contributed by atoms with Crippen LogP contribution in [0.1, 0.15) is 30.0 Å². The van der Waals surface area contributed by atoms with E-state index in [1.165, 1.54) is 11.1 Å². The number of thiocarbonyl (C=S) groups is 1. The Balaban J connectivity index is 1.10. The normalized spacial score (nSPS) is 24.1. The standard InChI is InChI=1S/C24H25N3O4S/c28-24-27(22-18-4-2-1-3-15(18)13-21(22)31-24)17-7-9-26(10-8-17)23(32)25-16-5-6-19-20(14-16)30-12-11-29-19/h1-6,14,17,21-22H,7-13H2,(H,25,32)/t21-,22+/m0/s1. The van der Waals surface area contributed by atoms with Crippen molar-refractivity contribution in [1.29, 1.82) is 0 Å². The molecule has 0 unspecified atom stereocenters. The van der Waals surface area contributed by atoms with Crippen LogP contribution in [0.25, 0.3) is 0 Å². The molecule has 1 amide bonds. The molecule has 2 fully saturated rings. The first-order chi connectivity index (χ1) is 15.7. The van der Waals surface area contributed by atoms with Crippen molar-refractivity contribution >= 4 is 29.1 Å². The van der Waals surface area contributed by atoms with E-state index in [1.54, 1.807) is 0 Å². The van der Waals surface area contributed by atoms with Gasteiger partial charge in [-0.25, -0.2) is 4.79 Å². The van der Waals surface area contributed by atoms with Crippen LogP contribution in [0.3, 0.4) is 0 Å². The van der Waals surface area contributed by atoms with Crippen LogP contribution in [0, 0.1) is 0 Å². The van der Waals surface area contributed by atoms with E-state index in [9.17, 15) is 4.79 Å². The number of benzene rings is 2. The highest BCUT2D eigenvalue weighted by atomic mass is 32.1. The zero-order valence-corrected chi connectivity index (χ0v) is 18.5. The SMILES string of the molecule is O=C1O[C@H]2Cc3ccccc3[C@H]2N1C1CCN(C(=S)Nc2ccc3c(c2)OCCO3)CC1. The quantitative estimate of drug-likeness (QED) is 0.698. The Morgan fingerprint density at radius 1 is 1.03 bits per heavy atom. The van der Waals surface area contributed by atoms with Gasteiger partial charge in [0.1, 0.15) is 19.3 Å². The molecule has 3 heterocycles. The first kappa shape index (κ1) is 19.7. The number of amides is 1. The van der Waals surface area contributed by atoms with E-state index in [2.05, 4.69) is 28.4 Å². The van der Waals surface area contributed by atoms with Crippen LogP contribution in [0.2, 0.25) is 0 Å². The summed E-state index contributed by atoms with van der Waals surface area (Å²) >= 11 is 5.67. The fourth-order valence-electron chi connectivity index (χ4n) is 5.32. The van der Waals surface area contributed by atoms with E-state index in [4.69, 9.17) is 26.4 Å². The van der Waals surface area contributed by atoms with Crippen LogP contribution in [0.4, 0.5) is 10.5 Å². The summed E-state index contributed by atoms with van der Waals surface area (Å²) in [6, 6.07) is 14.4. The molecule has 0 aromatic heterocycles. The minimum absolute atomic E-state index is 0.0399. The molecule has 0 saturated carbocycles. The first-order valence-corrected chi connectivity index (χ1v) is 11.6. The number of hydrogen-bond donors (Lipinski definition) is 1. The number of ether oxygens (including phenoxy) is 3. The Hall–Kier alpha value is -3.00. The van der Waals surface area contributed by atoms with Crippen LogP contribution in [0.15, 0.2) is 42.5 Å². The molecule has 1 N–H and O–H groups in total. The van der Waals surface area contributed by atoms with Crippen LogP contribution < -0.4 is 14.8 Å². The van der Waals surface area contributed by atoms with Crippen molar-refractivity contribution in [2.24, 2.45) is 0 Å². The lowest BCUT2D eigenvalue weighted by atomic mass is 9.99. The number of rotatable bonds is 2. The average Bonchev–Trinajstić information content (AvgIpc) is 3.33. The third-order valence-electron chi connectivity index (χ3n) is 6.85. The Bertz CT molecular complexity index is 1070. The predicted octanol–water partition coefficient (Wildman–Crippen LogP) is 3.74. The smallest absolute Gasteiger partial charge is 0.411 e. The Kier molecular flexibility index (Phi) is 4.82. The molecular weight excluding hydrogens is 426 g/mol.